The molecule has 0 spiro atoms. The summed E-state index contributed by atoms with van der Waals surface area (Å²) < 4.78 is 8.04. The van der Waals surface area contributed by atoms with Crippen molar-refractivity contribution in [2.75, 3.05) is 0 Å². The van der Waals surface area contributed by atoms with Crippen LogP contribution in [0.25, 0.3) is 0 Å². The van der Waals surface area contributed by atoms with Crippen molar-refractivity contribution in [2.45, 2.75) is 70.9 Å². The number of hydrogen-bond acceptors (Lipinski definition) is 3. The zero-order valence-corrected chi connectivity index (χ0v) is 13.6. The Labute approximate surface area is 126 Å². The molecule has 0 amide bonds. The van der Waals surface area contributed by atoms with Crippen LogP contribution in [-0.2, 0) is 4.74 Å². The van der Waals surface area contributed by atoms with Crippen molar-refractivity contribution in [3.05, 3.63) is 18.5 Å². The number of aromatic nitrogens is 2. The third kappa shape index (κ3) is 4.20. The Morgan fingerprint density at radius 1 is 1.48 bits per heavy atom. The predicted molar refractivity (Wildman–Crippen MR) is 84.2 cm³/mol. The van der Waals surface area contributed by atoms with Gasteiger partial charge >= 0.3 is 0 Å². The second kappa shape index (κ2) is 6.05. The van der Waals surface area contributed by atoms with Crippen molar-refractivity contribution >= 4 is 5.96 Å². The highest BCUT2D eigenvalue weighted by atomic mass is 16.5. The Hall–Kier alpha value is -1.56. The second-order valence-corrected chi connectivity index (χ2v) is 6.86. The van der Waals surface area contributed by atoms with E-state index in [0.717, 1.165) is 6.42 Å². The van der Waals surface area contributed by atoms with E-state index < -0.39 is 0 Å². The lowest BCUT2D eigenvalue weighted by Crippen LogP contribution is -2.52. The molecule has 2 rings (SSSR count). The van der Waals surface area contributed by atoms with Crippen LogP contribution < -0.4 is 11.1 Å². The summed E-state index contributed by atoms with van der Waals surface area (Å²) in [6.45, 7) is 10.3. The second-order valence-electron chi connectivity index (χ2n) is 6.86. The summed E-state index contributed by atoms with van der Waals surface area (Å²) >= 11 is 0. The van der Waals surface area contributed by atoms with Gasteiger partial charge in [0.15, 0.2) is 5.96 Å². The van der Waals surface area contributed by atoms with E-state index in [1.807, 2.05) is 30.8 Å². The number of nitrogens with two attached hydrogens (primary N) is 1. The number of nitrogens with zero attached hydrogens (tertiary/aromatic N) is 3. The molecule has 1 fully saturated rings. The van der Waals surface area contributed by atoms with E-state index in [1.54, 1.807) is 6.20 Å². The predicted octanol–water partition coefficient (Wildman–Crippen LogP) is 1.69. The maximum absolute atomic E-state index is 6.11. The Kier molecular flexibility index (Phi) is 4.56. The summed E-state index contributed by atoms with van der Waals surface area (Å²) in [4.78, 5) is 4.58. The number of rotatable bonds is 4. The van der Waals surface area contributed by atoms with Crippen LogP contribution in [0.3, 0.4) is 0 Å². The van der Waals surface area contributed by atoms with Gasteiger partial charge in [0.25, 0.3) is 0 Å². The molecule has 6 nitrogen and oxygen atoms in total. The van der Waals surface area contributed by atoms with Gasteiger partial charge in [0.2, 0.25) is 0 Å². The van der Waals surface area contributed by atoms with Gasteiger partial charge in [-0.3, -0.25) is 4.68 Å². The van der Waals surface area contributed by atoms with Crippen molar-refractivity contribution in [3.8, 4) is 0 Å². The third-order valence-corrected chi connectivity index (χ3v) is 3.33. The zero-order valence-electron chi connectivity index (χ0n) is 13.6. The molecule has 1 aliphatic rings. The van der Waals surface area contributed by atoms with Crippen molar-refractivity contribution in [1.29, 1.82) is 0 Å². The minimum Gasteiger partial charge on any atom is -0.370 e. The summed E-state index contributed by atoms with van der Waals surface area (Å²) in [5.74, 6) is 0.487. The van der Waals surface area contributed by atoms with Gasteiger partial charge in [-0.25, -0.2) is 4.99 Å². The normalized spacial score (nSPS) is 26.8. The third-order valence-electron chi connectivity index (χ3n) is 3.33. The quantitative estimate of drug-likeness (QED) is 0.654. The van der Waals surface area contributed by atoms with E-state index in [9.17, 15) is 0 Å². The van der Waals surface area contributed by atoms with Crippen LogP contribution in [0.2, 0.25) is 0 Å². The molecule has 3 unspecified atom stereocenters. The Morgan fingerprint density at radius 2 is 2.19 bits per heavy atom. The first kappa shape index (κ1) is 15.8. The highest BCUT2D eigenvalue weighted by Gasteiger charge is 2.45. The zero-order chi connectivity index (χ0) is 15.6. The van der Waals surface area contributed by atoms with Gasteiger partial charge in [-0.15, -0.1) is 0 Å². The molecule has 1 heterocycles. The van der Waals surface area contributed by atoms with Crippen LogP contribution in [0.15, 0.2) is 23.5 Å². The molecule has 0 bridgehead atoms. The molecular formula is C15H27N5O. The molecule has 21 heavy (non-hydrogen) atoms. The summed E-state index contributed by atoms with van der Waals surface area (Å²) in [7, 11) is 0. The number of hydrogen-bond donors (Lipinski definition) is 2. The Balaban J connectivity index is 2.09. The van der Waals surface area contributed by atoms with Gasteiger partial charge in [-0.1, -0.05) is 0 Å². The van der Waals surface area contributed by atoms with Gasteiger partial charge in [0, 0.05) is 24.9 Å². The van der Waals surface area contributed by atoms with Gasteiger partial charge in [0.05, 0.1) is 17.7 Å². The molecule has 118 valence electrons. The van der Waals surface area contributed by atoms with Gasteiger partial charge < -0.3 is 15.8 Å². The standard InChI is InChI=1S/C15H27N5O/c1-10(2)18-14(16)19-11-9-12(21-15(3,4)5)13(11)20-8-6-7-17-20/h6-8,10-13H,9H2,1-5H3,(H3,16,18,19). The molecule has 0 aromatic carbocycles. The molecule has 3 atom stereocenters. The largest absolute Gasteiger partial charge is 0.370 e. The lowest BCUT2D eigenvalue weighted by Gasteiger charge is -2.45. The average Bonchev–Trinajstić information content (AvgIpc) is 2.77. The van der Waals surface area contributed by atoms with E-state index in [1.165, 1.54) is 0 Å². The summed E-state index contributed by atoms with van der Waals surface area (Å²) in [5, 5.41) is 7.47. The highest BCUT2D eigenvalue weighted by Crippen LogP contribution is 2.39. The van der Waals surface area contributed by atoms with Crippen LogP contribution in [0.1, 0.15) is 47.1 Å². The fourth-order valence-corrected chi connectivity index (χ4v) is 2.59. The number of nitrogens with one attached hydrogen (secondary N) is 1. The maximum atomic E-state index is 6.11. The summed E-state index contributed by atoms with van der Waals surface area (Å²) in [5.41, 5.74) is 5.77. The molecule has 1 aromatic heterocycles. The first-order valence-corrected chi connectivity index (χ1v) is 7.53. The smallest absolute Gasteiger partial charge is 0.189 e. The average molecular weight is 293 g/mol. The SMILES string of the molecule is CC(C)NC(N)=NC1CC(OC(C)(C)C)C1n1cccn1. The molecule has 1 aromatic rings. The molecular weight excluding hydrogens is 266 g/mol. The molecule has 1 saturated carbocycles. The van der Waals surface area contributed by atoms with E-state index in [2.05, 4.69) is 36.2 Å². The lowest BCUT2D eigenvalue weighted by molar-refractivity contribution is -0.128. The Bertz CT molecular complexity index is 475. The molecule has 6 heteroatoms. The minimum absolute atomic E-state index is 0.100. The lowest BCUT2D eigenvalue weighted by atomic mass is 9.82. The topological polar surface area (TPSA) is 77.5 Å². The number of guanidine groups is 1. The van der Waals surface area contributed by atoms with Gasteiger partial charge in [0.1, 0.15) is 6.04 Å². The fraction of sp³-hybridized carbons (Fsp3) is 0.733. The molecule has 0 radical (unpaired) electrons. The first-order valence-electron chi connectivity index (χ1n) is 7.53. The molecule has 1 aliphatic carbocycles. The monoisotopic (exact) mass is 293 g/mol. The van der Waals surface area contributed by atoms with Crippen molar-refractivity contribution < 1.29 is 4.74 Å². The van der Waals surface area contributed by atoms with E-state index in [4.69, 9.17) is 10.5 Å². The highest BCUT2D eigenvalue weighted by molar-refractivity contribution is 5.78. The number of aliphatic imine (C=N–C) groups is 1. The van der Waals surface area contributed by atoms with E-state index in [0.29, 0.717) is 5.96 Å². The minimum atomic E-state index is -0.174. The summed E-state index contributed by atoms with van der Waals surface area (Å²) in [6, 6.07) is 2.40. The van der Waals surface area contributed by atoms with Crippen LogP contribution >= 0.6 is 0 Å². The summed E-state index contributed by atoms with van der Waals surface area (Å²) in [6.07, 6.45) is 4.72. The van der Waals surface area contributed by atoms with Crippen LogP contribution in [0.4, 0.5) is 0 Å². The number of ether oxygens (including phenoxy) is 1. The molecule has 0 saturated heterocycles. The Morgan fingerprint density at radius 3 is 2.71 bits per heavy atom. The van der Waals surface area contributed by atoms with Crippen molar-refractivity contribution in [1.82, 2.24) is 15.1 Å². The van der Waals surface area contributed by atoms with Crippen molar-refractivity contribution in [2.24, 2.45) is 10.7 Å². The van der Waals surface area contributed by atoms with Crippen LogP contribution in [0.5, 0.6) is 0 Å². The maximum Gasteiger partial charge on any atom is 0.189 e. The van der Waals surface area contributed by atoms with Crippen LogP contribution in [0, 0.1) is 0 Å². The van der Waals surface area contributed by atoms with Gasteiger partial charge in [-0.2, -0.15) is 5.10 Å². The van der Waals surface area contributed by atoms with E-state index in [-0.39, 0.29) is 29.8 Å². The van der Waals surface area contributed by atoms with Crippen molar-refractivity contribution in [3.63, 3.8) is 0 Å². The fourth-order valence-electron chi connectivity index (χ4n) is 2.59. The molecule has 0 aliphatic heterocycles. The van der Waals surface area contributed by atoms with E-state index >= 15 is 0 Å². The first-order chi connectivity index (χ1) is 9.76. The molecule has 3 N–H and O–H groups in total. The van der Waals surface area contributed by atoms with Gasteiger partial charge in [-0.05, 0) is 40.7 Å². The van der Waals surface area contributed by atoms with Crippen LogP contribution in [-0.4, -0.2) is 39.5 Å².